The number of fused-ring (bicyclic) bond motifs is 1. The molecule has 1 aromatic rings. The van der Waals surface area contributed by atoms with E-state index in [9.17, 15) is 19.5 Å². The van der Waals surface area contributed by atoms with Crippen LogP contribution in [-0.2, 0) is 14.4 Å². The quantitative estimate of drug-likeness (QED) is 0.848. The van der Waals surface area contributed by atoms with Crippen LogP contribution in [0.25, 0.3) is 5.70 Å². The van der Waals surface area contributed by atoms with Crippen LogP contribution in [0.15, 0.2) is 69.9 Å². The predicted molar refractivity (Wildman–Crippen MR) is 104 cm³/mol. The number of hydrogen-bond acceptors (Lipinski definition) is 3. The van der Waals surface area contributed by atoms with Gasteiger partial charge in [0, 0.05) is 12.1 Å². The molecule has 0 fully saturated rings. The minimum Gasteiger partial charge on any atom is -0.480 e. The number of carbonyl (C=O) groups is 3. The summed E-state index contributed by atoms with van der Waals surface area (Å²) in [5.41, 5.74) is 2.88. The zero-order chi connectivity index (χ0) is 20.0. The summed E-state index contributed by atoms with van der Waals surface area (Å²) >= 11 is 6.05. The SMILES string of the molecule is CN1C(=O)C2=C(C3=CC=C(Cl)CC3)N(CC(=O)O)C(=O)C2=C1c1ccccc1. The third-order valence-electron chi connectivity index (χ3n) is 5.05. The number of aliphatic carboxylic acids is 1. The molecule has 7 heteroatoms. The molecule has 0 saturated heterocycles. The number of rotatable bonds is 4. The molecule has 3 aliphatic rings. The van der Waals surface area contributed by atoms with E-state index in [4.69, 9.17) is 11.6 Å². The predicted octanol–water partition coefficient (Wildman–Crippen LogP) is 2.89. The van der Waals surface area contributed by atoms with Gasteiger partial charge in [-0.3, -0.25) is 19.3 Å². The van der Waals surface area contributed by atoms with Crippen molar-refractivity contribution in [3.8, 4) is 0 Å². The van der Waals surface area contributed by atoms with E-state index < -0.39 is 18.4 Å². The van der Waals surface area contributed by atoms with E-state index in [1.54, 1.807) is 19.2 Å². The highest BCUT2D eigenvalue weighted by atomic mass is 35.5. The molecule has 28 heavy (non-hydrogen) atoms. The molecule has 1 aromatic carbocycles. The largest absolute Gasteiger partial charge is 0.480 e. The van der Waals surface area contributed by atoms with Crippen molar-refractivity contribution in [1.82, 2.24) is 9.80 Å². The van der Waals surface area contributed by atoms with E-state index in [0.29, 0.717) is 29.3 Å². The zero-order valence-electron chi connectivity index (χ0n) is 15.1. The van der Waals surface area contributed by atoms with Crippen molar-refractivity contribution in [1.29, 1.82) is 0 Å². The average Bonchev–Trinajstić information content (AvgIpc) is 3.09. The van der Waals surface area contributed by atoms with Gasteiger partial charge < -0.3 is 10.0 Å². The van der Waals surface area contributed by atoms with E-state index in [1.807, 2.05) is 30.3 Å². The van der Waals surface area contributed by atoms with Gasteiger partial charge in [0.05, 0.1) is 22.5 Å². The van der Waals surface area contributed by atoms with E-state index in [-0.39, 0.29) is 17.1 Å². The van der Waals surface area contributed by atoms with Crippen LogP contribution in [0.3, 0.4) is 0 Å². The number of hydrogen-bond donors (Lipinski definition) is 1. The van der Waals surface area contributed by atoms with Crippen LogP contribution in [0.5, 0.6) is 0 Å². The molecular weight excluding hydrogens is 380 g/mol. The number of amides is 2. The Morgan fingerprint density at radius 2 is 1.71 bits per heavy atom. The molecule has 0 unspecified atom stereocenters. The van der Waals surface area contributed by atoms with Gasteiger partial charge in [-0.15, -0.1) is 0 Å². The minimum atomic E-state index is -1.14. The van der Waals surface area contributed by atoms with Crippen molar-refractivity contribution in [3.05, 3.63) is 75.5 Å². The van der Waals surface area contributed by atoms with Gasteiger partial charge in [-0.05, 0) is 30.1 Å². The van der Waals surface area contributed by atoms with Crippen LogP contribution in [0.2, 0.25) is 0 Å². The molecule has 0 atom stereocenters. The van der Waals surface area contributed by atoms with Gasteiger partial charge in [0.2, 0.25) is 0 Å². The Balaban J connectivity index is 1.96. The molecule has 1 N–H and O–H groups in total. The molecule has 142 valence electrons. The fourth-order valence-corrected chi connectivity index (χ4v) is 3.98. The van der Waals surface area contributed by atoms with Crippen LogP contribution in [0.1, 0.15) is 18.4 Å². The maximum atomic E-state index is 13.2. The molecule has 0 radical (unpaired) electrons. The average molecular weight is 397 g/mol. The van der Waals surface area contributed by atoms with Gasteiger partial charge in [0.15, 0.2) is 0 Å². The fraction of sp³-hybridized carbons (Fsp3) is 0.190. The Morgan fingerprint density at radius 3 is 2.32 bits per heavy atom. The summed E-state index contributed by atoms with van der Waals surface area (Å²) in [6, 6.07) is 9.15. The van der Waals surface area contributed by atoms with Gasteiger partial charge in [-0.25, -0.2) is 0 Å². The molecular formula is C21H17ClN2O4. The first kappa shape index (κ1) is 18.3. The maximum Gasteiger partial charge on any atom is 0.323 e. The Morgan fingerprint density at radius 1 is 1.04 bits per heavy atom. The van der Waals surface area contributed by atoms with Crippen LogP contribution in [0.4, 0.5) is 0 Å². The normalized spacial score (nSPS) is 19.4. The highest BCUT2D eigenvalue weighted by Crippen LogP contribution is 2.45. The highest BCUT2D eigenvalue weighted by Gasteiger charge is 2.48. The van der Waals surface area contributed by atoms with Crippen molar-refractivity contribution in [2.75, 3.05) is 13.6 Å². The summed E-state index contributed by atoms with van der Waals surface area (Å²) in [5.74, 6) is -1.92. The zero-order valence-corrected chi connectivity index (χ0v) is 15.9. The minimum absolute atomic E-state index is 0.261. The lowest BCUT2D eigenvalue weighted by Crippen LogP contribution is -2.33. The summed E-state index contributed by atoms with van der Waals surface area (Å²) in [4.78, 5) is 40.4. The Hall–Kier alpha value is -3.12. The molecule has 0 spiro atoms. The second-order valence-corrected chi connectivity index (χ2v) is 7.25. The van der Waals surface area contributed by atoms with Crippen LogP contribution in [0, 0.1) is 0 Å². The van der Waals surface area contributed by atoms with Crippen LogP contribution < -0.4 is 0 Å². The number of likely N-dealkylation sites (N-methyl/N-ethyl adjacent to an activating group) is 1. The Kier molecular flexibility index (Phi) is 4.43. The number of carboxylic acids is 1. The van der Waals surface area contributed by atoms with Crippen molar-refractivity contribution < 1.29 is 19.5 Å². The summed E-state index contributed by atoms with van der Waals surface area (Å²) in [6.45, 7) is -0.505. The molecule has 2 aliphatic heterocycles. The van der Waals surface area contributed by atoms with E-state index in [0.717, 1.165) is 11.1 Å². The summed E-state index contributed by atoms with van der Waals surface area (Å²) in [5, 5.41) is 10.0. The lowest BCUT2D eigenvalue weighted by molar-refractivity contribution is -0.141. The molecule has 2 heterocycles. The number of carbonyl (C=O) groups excluding carboxylic acids is 2. The van der Waals surface area contributed by atoms with Gasteiger partial charge in [-0.1, -0.05) is 48.0 Å². The standard InChI is InChI=1S/C21H17ClN2O4/c1-23-18(12-5-3-2-4-6-12)16-17(20(23)27)19(13-7-9-14(22)10-8-13)24(21(16)28)11-15(25)26/h2-7,9H,8,10-11H2,1H3,(H,25,26). The monoisotopic (exact) mass is 396 g/mol. The topological polar surface area (TPSA) is 77.9 Å². The Bertz CT molecular complexity index is 1030. The first-order chi connectivity index (χ1) is 13.4. The summed E-state index contributed by atoms with van der Waals surface area (Å²) < 4.78 is 0. The second kappa shape index (κ2) is 6.80. The van der Waals surface area contributed by atoms with Gasteiger partial charge in [0.1, 0.15) is 6.54 Å². The van der Waals surface area contributed by atoms with E-state index in [1.165, 1.54) is 9.80 Å². The molecule has 0 bridgehead atoms. The van der Waals surface area contributed by atoms with Crippen LogP contribution in [-0.4, -0.2) is 46.3 Å². The summed E-state index contributed by atoms with van der Waals surface area (Å²) in [7, 11) is 1.63. The first-order valence-corrected chi connectivity index (χ1v) is 9.19. The number of allylic oxidation sites excluding steroid dienone is 4. The van der Waals surface area contributed by atoms with Gasteiger partial charge in [-0.2, -0.15) is 0 Å². The van der Waals surface area contributed by atoms with Gasteiger partial charge >= 0.3 is 5.97 Å². The van der Waals surface area contributed by atoms with Gasteiger partial charge in [0.25, 0.3) is 11.8 Å². The smallest absolute Gasteiger partial charge is 0.323 e. The number of carboxylic acid groups (broad SMARTS) is 1. The maximum absolute atomic E-state index is 13.2. The first-order valence-electron chi connectivity index (χ1n) is 8.81. The third kappa shape index (κ3) is 2.77. The lowest BCUT2D eigenvalue weighted by Gasteiger charge is -2.24. The molecule has 2 amide bonds. The molecule has 6 nitrogen and oxygen atoms in total. The number of nitrogens with zero attached hydrogens (tertiary/aromatic N) is 2. The molecule has 1 aliphatic carbocycles. The fourth-order valence-electron chi connectivity index (χ4n) is 3.82. The van der Waals surface area contributed by atoms with Crippen molar-refractivity contribution >= 4 is 35.1 Å². The van der Waals surface area contributed by atoms with Crippen molar-refractivity contribution in [2.24, 2.45) is 0 Å². The molecule has 4 rings (SSSR count). The second-order valence-electron chi connectivity index (χ2n) is 6.77. The van der Waals surface area contributed by atoms with Crippen molar-refractivity contribution in [3.63, 3.8) is 0 Å². The van der Waals surface area contributed by atoms with E-state index >= 15 is 0 Å². The molecule has 0 saturated carbocycles. The number of benzene rings is 1. The lowest BCUT2D eigenvalue weighted by atomic mass is 9.97. The van der Waals surface area contributed by atoms with Crippen molar-refractivity contribution in [2.45, 2.75) is 12.8 Å². The Labute approximate surface area is 166 Å². The molecule has 0 aromatic heterocycles. The van der Waals surface area contributed by atoms with Crippen LogP contribution >= 0.6 is 11.6 Å². The third-order valence-corrected chi connectivity index (χ3v) is 5.36. The van der Waals surface area contributed by atoms with E-state index in [2.05, 4.69) is 0 Å². The highest BCUT2D eigenvalue weighted by molar-refractivity contribution is 6.30. The summed E-state index contributed by atoms with van der Waals surface area (Å²) in [6.07, 6.45) is 4.59. The number of halogens is 1.